The summed E-state index contributed by atoms with van der Waals surface area (Å²) in [4.78, 5) is 2.56. The Kier molecular flexibility index (Phi) is 5.04. The number of hydrogen-bond donors (Lipinski definition) is 1. The fraction of sp³-hybridized carbons (Fsp3) is 0.647. The standard InChI is InChI=1S/C17H25ClN2O/c1-19-7-4-13-5-8-20(9-6-13)12-16-11-14-10-15(18)2-3-17(14)21-16/h2-3,10,13,16,19H,4-9,11-12H2,1H3. The van der Waals surface area contributed by atoms with E-state index in [2.05, 4.69) is 10.2 Å². The van der Waals surface area contributed by atoms with Crippen LogP contribution in [0.4, 0.5) is 0 Å². The van der Waals surface area contributed by atoms with Crippen molar-refractivity contribution in [1.82, 2.24) is 10.2 Å². The van der Waals surface area contributed by atoms with Gasteiger partial charge in [0.15, 0.2) is 0 Å². The minimum absolute atomic E-state index is 0.298. The van der Waals surface area contributed by atoms with Crippen LogP contribution < -0.4 is 10.1 Å². The topological polar surface area (TPSA) is 24.5 Å². The van der Waals surface area contributed by atoms with E-state index in [-0.39, 0.29) is 0 Å². The molecule has 2 aliphatic heterocycles. The van der Waals surface area contributed by atoms with Crippen LogP contribution in [0, 0.1) is 5.92 Å². The van der Waals surface area contributed by atoms with Gasteiger partial charge in [0.1, 0.15) is 11.9 Å². The Balaban J connectivity index is 1.45. The maximum atomic E-state index is 6.05. The number of benzene rings is 1. The summed E-state index contributed by atoms with van der Waals surface area (Å²) in [7, 11) is 2.04. The third-order valence-corrected chi connectivity index (χ3v) is 4.97. The van der Waals surface area contributed by atoms with E-state index in [1.807, 2.05) is 25.2 Å². The summed E-state index contributed by atoms with van der Waals surface area (Å²) in [5.74, 6) is 1.92. The molecule has 0 saturated carbocycles. The lowest BCUT2D eigenvalue weighted by molar-refractivity contribution is 0.115. The van der Waals surface area contributed by atoms with Crippen LogP contribution in [0.2, 0.25) is 5.02 Å². The molecule has 1 aromatic carbocycles. The van der Waals surface area contributed by atoms with Crippen molar-refractivity contribution in [2.45, 2.75) is 31.8 Å². The summed E-state index contributed by atoms with van der Waals surface area (Å²) in [6, 6.07) is 5.96. The summed E-state index contributed by atoms with van der Waals surface area (Å²) in [5.41, 5.74) is 1.26. The zero-order valence-electron chi connectivity index (χ0n) is 12.8. The number of fused-ring (bicyclic) bond motifs is 1. The second-order valence-electron chi connectivity index (χ2n) is 6.33. The van der Waals surface area contributed by atoms with Gasteiger partial charge >= 0.3 is 0 Å². The number of nitrogens with one attached hydrogen (secondary N) is 1. The zero-order valence-corrected chi connectivity index (χ0v) is 13.5. The second-order valence-corrected chi connectivity index (χ2v) is 6.77. The third-order valence-electron chi connectivity index (χ3n) is 4.74. The predicted molar refractivity (Wildman–Crippen MR) is 87.3 cm³/mol. The van der Waals surface area contributed by atoms with Crippen LogP contribution in [-0.4, -0.2) is 44.2 Å². The van der Waals surface area contributed by atoms with Gasteiger partial charge in [0.25, 0.3) is 0 Å². The van der Waals surface area contributed by atoms with E-state index in [0.29, 0.717) is 6.10 Å². The van der Waals surface area contributed by atoms with E-state index in [4.69, 9.17) is 16.3 Å². The normalized spacial score (nSPS) is 23.0. The number of ether oxygens (including phenoxy) is 1. The van der Waals surface area contributed by atoms with E-state index >= 15 is 0 Å². The average Bonchev–Trinajstić information content (AvgIpc) is 2.88. The van der Waals surface area contributed by atoms with Crippen LogP contribution in [0.3, 0.4) is 0 Å². The number of piperidine rings is 1. The Morgan fingerprint density at radius 3 is 2.90 bits per heavy atom. The fourth-order valence-corrected chi connectivity index (χ4v) is 3.68. The van der Waals surface area contributed by atoms with Gasteiger partial charge in [0.2, 0.25) is 0 Å². The van der Waals surface area contributed by atoms with Gasteiger partial charge in [-0.05, 0) is 75.6 Å². The summed E-state index contributed by atoms with van der Waals surface area (Å²) in [6.07, 6.45) is 5.26. The first-order chi connectivity index (χ1) is 10.2. The van der Waals surface area contributed by atoms with Crippen molar-refractivity contribution in [1.29, 1.82) is 0 Å². The maximum absolute atomic E-state index is 6.05. The molecule has 0 aliphatic carbocycles. The lowest BCUT2D eigenvalue weighted by Crippen LogP contribution is -2.40. The van der Waals surface area contributed by atoms with Crippen molar-refractivity contribution in [2.24, 2.45) is 5.92 Å². The van der Waals surface area contributed by atoms with Crippen molar-refractivity contribution in [3.63, 3.8) is 0 Å². The molecule has 0 bridgehead atoms. The molecule has 2 heterocycles. The number of hydrogen-bond acceptors (Lipinski definition) is 3. The fourth-order valence-electron chi connectivity index (χ4n) is 3.48. The van der Waals surface area contributed by atoms with Crippen molar-refractivity contribution < 1.29 is 4.74 Å². The molecule has 1 unspecified atom stereocenters. The summed E-state index contributed by atoms with van der Waals surface area (Å²) in [6.45, 7) is 4.62. The van der Waals surface area contributed by atoms with Crippen LogP contribution in [-0.2, 0) is 6.42 Å². The molecule has 3 rings (SSSR count). The first-order valence-electron chi connectivity index (χ1n) is 8.06. The highest BCUT2D eigenvalue weighted by Crippen LogP contribution is 2.32. The molecule has 1 saturated heterocycles. The van der Waals surface area contributed by atoms with Gasteiger partial charge in [-0.25, -0.2) is 0 Å². The van der Waals surface area contributed by atoms with Gasteiger partial charge in [-0.2, -0.15) is 0 Å². The van der Waals surface area contributed by atoms with Gasteiger partial charge in [0, 0.05) is 18.0 Å². The predicted octanol–water partition coefficient (Wildman–Crippen LogP) is 2.97. The Morgan fingerprint density at radius 2 is 2.14 bits per heavy atom. The van der Waals surface area contributed by atoms with Gasteiger partial charge in [-0.15, -0.1) is 0 Å². The van der Waals surface area contributed by atoms with E-state index in [9.17, 15) is 0 Å². The summed E-state index contributed by atoms with van der Waals surface area (Å²) < 4.78 is 6.05. The average molecular weight is 309 g/mol. The van der Waals surface area contributed by atoms with Crippen molar-refractivity contribution >= 4 is 11.6 Å². The molecule has 1 atom stereocenters. The van der Waals surface area contributed by atoms with E-state index in [1.165, 1.54) is 37.9 Å². The van der Waals surface area contributed by atoms with Crippen molar-refractivity contribution in [2.75, 3.05) is 33.2 Å². The number of halogens is 1. The number of rotatable bonds is 5. The Bertz CT molecular complexity index is 472. The second kappa shape index (κ2) is 6.99. The molecule has 4 heteroatoms. The van der Waals surface area contributed by atoms with Gasteiger partial charge in [-0.3, -0.25) is 4.90 Å². The molecule has 0 spiro atoms. The zero-order chi connectivity index (χ0) is 14.7. The molecule has 21 heavy (non-hydrogen) atoms. The lowest BCUT2D eigenvalue weighted by Gasteiger charge is -2.33. The highest BCUT2D eigenvalue weighted by molar-refractivity contribution is 6.30. The number of nitrogens with zero attached hydrogens (tertiary/aromatic N) is 1. The SMILES string of the molecule is CNCCC1CCN(CC2Cc3cc(Cl)ccc3O2)CC1. The van der Waals surface area contributed by atoms with Crippen molar-refractivity contribution in [3.8, 4) is 5.75 Å². The lowest BCUT2D eigenvalue weighted by atomic mass is 9.93. The molecule has 116 valence electrons. The van der Waals surface area contributed by atoms with Crippen LogP contribution in [0.1, 0.15) is 24.8 Å². The first-order valence-corrected chi connectivity index (χ1v) is 8.44. The summed E-state index contributed by atoms with van der Waals surface area (Å²) >= 11 is 6.05. The highest BCUT2D eigenvalue weighted by atomic mass is 35.5. The van der Waals surface area contributed by atoms with Crippen molar-refractivity contribution in [3.05, 3.63) is 28.8 Å². The molecule has 0 amide bonds. The quantitative estimate of drug-likeness (QED) is 0.905. The van der Waals surface area contributed by atoms with E-state index < -0.39 is 0 Å². The van der Waals surface area contributed by atoms with Gasteiger partial charge < -0.3 is 10.1 Å². The maximum Gasteiger partial charge on any atom is 0.123 e. The van der Waals surface area contributed by atoms with E-state index in [1.54, 1.807) is 0 Å². The summed E-state index contributed by atoms with van der Waals surface area (Å²) in [5, 5.41) is 4.06. The van der Waals surface area contributed by atoms with Crippen LogP contribution in [0.5, 0.6) is 5.75 Å². The molecular weight excluding hydrogens is 284 g/mol. The Labute approximate surface area is 132 Å². The van der Waals surface area contributed by atoms with Crippen LogP contribution >= 0.6 is 11.6 Å². The number of likely N-dealkylation sites (tertiary alicyclic amines) is 1. The monoisotopic (exact) mass is 308 g/mol. The Hall–Kier alpha value is -0.770. The molecule has 0 aromatic heterocycles. The third kappa shape index (κ3) is 3.91. The minimum Gasteiger partial charge on any atom is -0.488 e. The molecular formula is C17H25ClN2O. The molecule has 2 aliphatic rings. The molecule has 3 nitrogen and oxygen atoms in total. The van der Waals surface area contributed by atoms with Gasteiger partial charge in [0.05, 0.1) is 0 Å². The minimum atomic E-state index is 0.298. The molecule has 1 fully saturated rings. The highest BCUT2D eigenvalue weighted by Gasteiger charge is 2.27. The molecule has 0 radical (unpaired) electrons. The van der Waals surface area contributed by atoms with Crippen LogP contribution in [0.15, 0.2) is 18.2 Å². The van der Waals surface area contributed by atoms with Gasteiger partial charge in [-0.1, -0.05) is 11.6 Å². The largest absolute Gasteiger partial charge is 0.488 e. The first kappa shape index (κ1) is 15.1. The Morgan fingerprint density at radius 1 is 1.33 bits per heavy atom. The van der Waals surface area contributed by atoms with E-state index in [0.717, 1.165) is 36.2 Å². The molecule has 1 aromatic rings. The smallest absolute Gasteiger partial charge is 0.123 e. The van der Waals surface area contributed by atoms with Crippen LogP contribution in [0.25, 0.3) is 0 Å². The molecule has 1 N–H and O–H groups in total.